The van der Waals surface area contributed by atoms with Crippen LogP contribution in [0.4, 0.5) is 0 Å². The number of aliphatic hydroxyl groups is 2. The van der Waals surface area contributed by atoms with Crippen LogP contribution in [0.3, 0.4) is 0 Å². The predicted octanol–water partition coefficient (Wildman–Crippen LogP) is 2.35. The van der Waals surface area contributed by atoms with Crippen molar-refractivity contribution >= 4 is 11.8 Å². The zero-order chi connectivity index (χ0) is 20.1. The molecule has 0 aromatic heterocycles. The SMILES string of the molecule is CC1(C)COC(C2=CC=CC2[C@@H](O)[C@H](O)C2C=CC=C2C2=NC(C)(C)CO2)=N1. The monoisotopic (exact) mass is 384 g/mol. The van der Waals surface area contributed by atoms with Crippen LogP contribution in [0.15, 0.2) is 57.6 Å². The summed E-state index contributed by atoms with van der Waals surface area (Å²) in [6.07, 6.45) is 9.30. The number of hydrogen-bond acceptors (Lipinski definition) is 6. The van der Waals surface area contributed by atoms with Gasteiger partial charge >= 0.3 is 0 Å². The van der Waals surface area contributed by atoms with Crippen molar-refractivity contribution in [2.24, 2.45) is 21.8 Å². The number of aliphatic imine (C=N–C) groups is 2. The summed E-state index contributed by atoms with van der Waals surface area (Å²) in [4.78, 5) is 9.23. The number of ether oxygens (including phenoxy) is 2. The van der Waals surface area contributed by atoms with Gasteiger partial charge in [0.2, 0.25) is 11.8 Å². The van der Waals surface area contributed by atoms with Gasteiger partial charge in [-0.1, -0.05) is 36.5 Å². The molecule has 4 atom stereocenters. The van der Waals surface area contributed by atoms with Gasteiger partial charge in [0.05, 0.1) is 23.3 Å². The lowest BCUT2D eigenvalue weighted by atomic mass is 9.84. The first-order chi connectivity index (χ1) is 13.2. The maximum absolute atomic E-state index is 11.0. The highest BCUT2D eigenvalue weighted by Gasteiger charge is 2.41. The van der Waals surface area contributed by atoms with E-state index in [-0.39, 0.29) is 22.9 Å². The summed E-state index contributed by atoms with van der Waals surface area (Å²) in [6.45, 7) is 9.05. The van der Waals surface area contributed by atoms with Gasteiger partial charge in [0.1, 0.15) is 13.2 Å². The Labute approximate surface area is 165 Å². The highest BCUT2D eigenvalue weighted by atomic mass is 16.5. The fraction of sp³-hybridized carbons (Fsp3) is 0.545. The van der Waals surface area contributed by atoms with Crippen LogP contribution in [-0.4, -0.2) is 58.5 Å². The standard InChI is InChI=1S/C22H28N2O4/c1-21(2)11-27-19(23-21)15-9-5-7-13(15)17(25)18(26)14-8-6-10-16(14)20-24-22(3,4)12-28-20/h5-10,13-14,17-18,25-26H,11-12H2,1-4H3/t13?,14?,17-,18-/m1/s1. The van der Waals surface area contributed by atoms with Crippen molar-refractivity contribution in [1.29, 1.82) is 0 Å². The lowest BCUT2D eigenvalue weighted by Crippen LogP contribution is -2.40. The van der Waals surface area contributed by atoms with E-state index < -0.39 is 12.2 Å². The maximum Gasteiger partial charge on any atom is 0.213 e. The Hall–Kier alpha value is -2.18. The average Bonchev–Trinajstić information content (AvgIpc) is 3.38. The topological polar surface area (TPSA) is 83.6 Å². The molecule has 2 unspecified atom stereocenters. The van der Waals surface area contributed by atoms with Crippen LogP contribution in [0.2, 0.25) is 0 Å². The smallest absolute Gasteiger partial charge is 0.213 e. The van der Waals surface area contributed by atoms with E-state index in [4.69, 9.17) is 9.47 Å². The highest BCUT2D eigenvalue weighted by Crippen LogP contribution is 2.36. The minimum atomic E-state index is -1.01. The second-order valence-corrected chi connectivity index (χ2v) is 9.08. The lowest BCUT2D eigenvalue weighted by molar-refractivity contribution is -0.0110. The molecule has 0 radical (unpaired) electrons. The van der Waals surface area contributed by atoms with Gasteiger partial charge in [-0.3, -0.25) is 0 Å². The number of rotatable bonds is 5. The van der Waals surface area contributed by atoms with Crippen molar-refractivity contribution in [2.45, 2.75) is 51.0 Å². The van der Waals surface area contributed by atoms with E-state index in [1.165, 1.54) is 0 Å². The highest BCUT2D eigenvalue weighted by molar-refractivity contribution is 5.97. The van der Waals surface area contributed by atoms with E-state index >= 15 is 0 Å². The Balaban J connectivity index is 1.51. The van der Waals surface area contributed by atoms with Crippen LogP contribution in [0.5, 0.6) is 0 Å². The van der Waals surface area contributed by atoms with Crippen molar-refractivity contribution in [3.8, 4) is 0 Å². The molecule has 0 fully saturated rings. The van der Waals surface area contributed by atoms with Crippen LogP contribution in [-0.2, 0) is 9.47 Å². The molecule has 6 nitrogen and oxygen atoms in total. The summed E-state index contributed by atoms with van der Waals surface area (Å²) < 4.78 is 11.5. The molecule has 0 bridgehead atoms. The quantitative estimate of drug-likeness (QED) is 0.762. The molecule has 0 aromatic rings. The Morgan fingerprint density at radius 2 is 1.21 bits per heavy atom. The summed E-state index contributed by atoms with van der Waals surface area (Å²) >= 11 is 0. The van der Waals surface area contributed by atoms with Gasteiger partial charge in [0.25, 0.3) is 0 Å². The van der Waals surface area contributed by atoms with E-state index in [1.807, 2.05) is 64.2 Å². The molecule has 2 aliphatic carbocycles. The molecule has 4 rings (SSSR count). The lowest BCUT2D eigenvalue weighted by Gasteiger charge is -2.29. The Bertz CT molecular complexity index is 775. The van der Waals surface area contributed by atoms with E-state index in [0.717, 1.165) is 11.1 Å². The fourth-order valence-electron chi connectivity index (χ4n) is 3.90. The van der Waals surface area contributed by atoms with Gasteiger partial charge in [0.15, 0.2) is 0 Å². The van der Waals surface area contributed by atoms with Crippen LogP contribution in [0, 0.1) is 11.8 Å². The number of allylic oxidation sites excluding steroid dienone is 4. The van der Waals surface area contributed by atoms with Crippen LogP contribution >= 0.6 is 0 Å². The molecule has 4 aliphatic rings. The summed E-state index contributed by atoms with van der Waals surface area (Å²) in [6, 6.07) is 0. The van der Waals surface area contributed by atoms with Crippen molar-refractivity contribution in [1.82, 2.24) is 0 Å². The molecule has 28 heavy (non-hydrogen) atoms. The zero-order valence-electron chi connectivity index (χ0n) is 16.8. The normalized spacial score (nSPS) is 31.6. The predicted molar refractivity (Wildman–Crippen MR) is 108 cm³/mol. The third kappa shape index (κ3) is 3.47. The molecular formula is C22H28N2O4. The molecule has 2 N–H and O–H groups in total. The van der Waals surface area contributed by atoms with Crippen molar-refractivity contribution in [3.05, 3.63) is 47.6 Å². The van der Waals surface area contributed by atoms with Gasteiger partial charge in [-0.2, -0.15) is 0 Å². The summed E-state index contributed by atoms with van der Waals surface area (Å²) in [5.74, 6) is 0.352. The van der Waals surface area contributed by atoms with E-state index in [0.29, 0.717) is 25.0 Å². The first kappa shape index (κ1) is 19.2. The van der Waals surface area contributed by atoms with E-state index in [2.05, 4.69) is 9.98 Å². The van der Waals surface area contributed by atoms with Gasteiger partial charge in [-0.05, 0) is 27.7 Å². The average molecular weight is 384 g/mol. The second-order valence-electron chi connectivity index (χ2n) is 9.08. The number of hydrogen-bond donors (Lipinski definition) is 2. The van der Waals surface area contributed by atoms with Crippen LogP contribution < -0.4 is 0 Å². The third-order valence-electron chi connectivity index (χ3n) is 5.42. The first-order valence-corrected chi connectivity index (χ1v) is 9.76. The van der Waals surface area contributed by atoms with Gasteiger partial charge in [-0.15, -0.1) is 0 Å². The molecule has 6 heteroatoms. The molecule has 150 valence electrons. The first-order valence-electron chi connectivity index (χ1n) is 9.76. The van der Waals surface area contributed by atoms with Gasteiger partial charge < -0.3 is 19.7 Å². The van der Waals surface area contributed by atoms with Crippen molar-refractivity contribution in [3.63, 3.8) is 0 Å². The minimum Gasteiger partial charge on any atom is -0.475 e. The largest absolute Gasteiger partial charge is 0.475 e. The summed E-state index contributed by atoms with van der Waals surface area (Å²) in [5.41, 5.74) is 1.06. The third-order valence-corrected chi connectivity index (χ3v) is 5.42. The Morgan fingerprint density at radius 3 is 1.54 bits per heavy atom. The molecular weight excluding hydrogens is 356 g/mol. The molecule has 0 saturated heterocycles. The Morgan fingerprint density at radius 1 is 0.821 bits per heavy atom. The molecule has 2 aliphatic heterocycles. The summed E-state index contributed by atoms with van der Waals surface area (Å²) in [5, 5.41) is 22.0. The minimum absolute atomic E-state index is 0.276. The Kier molecular flexibility index (Phi) is 4.59. The van der Waals surface area contributed by atoms with Gasteiger partial charge in [-0.25, -0.2) is 9.98 Å². The number of nitrogens with zero attached hydrogens (tertiary/aromatic N) is 2. The van der Waals surface area contributed by atoms with E-state index in [9.17, 15) is 10.2 Å². The maximum atomic E-state index is 11.0. The molecule has 2 heterocycles. The molecule has 0 spiro atoms. The van der Waals surface area contributed by atoms with Crippen molar-refractivity contribution < 1.29 is 19.7 Å². The second kappa shape index (κ2) is 6.71. The summed E-state index contributed by atoms with van der Waals surface area (Å²) in [7, 11) is 0. The zero-order valence-corrected chi connectivity index (χ0v) is 16.8. The fourth-order valence-corrected chi connectivity index (χ4v) is 3.90. The van der Waals surface area contributed by atoms with Crippen LogP contribution in [0.1, 0.15) is 27.7 Å². The van der Waals surface area contributed by atoms with Crippen LogP contribution in [0.25, 0.3) is 0 Å². The van der Waals surface area contributed by atoms with Gasteiger partial charge in [0, 0.05) is 23.0 Å². The molecule has 0 saturated carbocycles. The number of aliphatic hydroxyl groups excluding tert-OH is 2. The molecule has 0 aromatic carbocycles. The van der Waals surface area contributed by atoms with E-state index in [1.54, 1.807) is 0 Å². The van der Waals surface area contributed by atoms with Crippen molar-refractivity contribution in [2.75, 3.05) is 13.2 Å². The molecule has 0 amide bonds.